The molecule has 0 spiro atoms. The summed E-state index contributed by atoms with van der Waals surface area (Å²) in [5, 5.41) is 11.2. The monoisotopic (exact) mass is 528 g/mol. The number of anilines is 1. The van der Waals surface area contributed by atoms with Crippen LogP contribution in [0, 0.1) is 6.92 Å². The fourth-order valence-electron chi connectivity index (χ4n) is 4.13. The van der Waals surface area contributed by atoms with Crippen molar-refractivity contribution in [2.45, 2.75) is 31.3 Å². The second kappa shape index (κ2) is 11.9. The van der Waals surface area contributed by atoms with Gasteiger partial charge in [0.1, 0.15) is 0 Å². The summed E-state index contributed by atoms with van der Waals surface area (Å²) >= 11 is 0. The van der Waals surface area contributed by atoms with E-state index in [2.05, 4.69) is 5.32 Å². The summed E-state index contributed by atoms with van der Waals surface area (Å²) in [5.74, 6) is -0.165. The van der Waals surface area contributed by atoms with Crippen molar-refractivity contribution in [3.05, 3.63) is 131 Å². The van der Waals surface area contributed by atoms with Gasteiger partial charge in [-0.05, 0) is 53.4 Å². The van der Waals surface area contributed by atoms with E-state index in [-0.39, 0.29) is 30.2 Å². The van der Waals surface area contributed by atoms with Gasteiger partial charge in [0.2, 0.25) is 10.0 Å². The van der Waals surface area contributed by atoms with Crippen molar-refractivity contribution in [2.75, 3.05) is 5.32 Å². The Morgan fingerprint density at radius 1 is 0.789 bits per heavy atom. The molecule has 1 amide bonds. The van der Waals surface area contributed by atoms with Crippen LogP contribution >= 0.6 is 0 Å². The molecule has 0 fully saturated rings. The van der Waals surface area contributed by atoms with E-state index in [0.717, 1.165) is 22.3 Å². The normalized spacial score (nSPS) is 11.3. The van der Waals surface area contributed by atoms with E-state index in [1.807, 2.05) is 60.7 Å². The van der Waals surface area contributed by atoms with Gasteiger partial charge in [0, 0.05) is 30.8 Å². The average Bonchev–Trinajstić information content (AvgIpc) is 2.91. The maximum Gasteiger partial charge on any atom is 0.409 e. The molecule has 0 saturated carbocycles. The van der Waals surface area contributed by atoms with Gasteiger partial charge in [-0.2, -0.15) is 4.31 Å². The van der Waals surface area contributed by atoms with Crippen LogP contribution in [0.15, 0.2) is 108 Å². The number of carboxylic acid groups (broad SMARTS) is 1. The Labute approximate surface area is 222 Å². The van der Waals surface area contributed by atoms with Crippen molar-refractivity contribution in [1.29, 1.82) is 0 Å². The molecule has 0 aliphatic rings. The molecule has 0 aromatic heterocycles. The molecule has 0 heterocycles. The molecule has 4 rings (SSSR count). The van der Waals surface area contributed by atoms with Crippen LogP contribution in [0.1, 0.15) is 32.6 Å². The predicted molar refractivity (Wildman–Crippen MR) is 147 cm³/mol. The topological polar surface area (TPSA) is 104 Å². The van der Waals surface area contributed by atoms with Crippen molar-refractivity contribution in [3.8, 4) is 0 Å². The second-order valence-electron chi connectivity index (χ2n) is 8.94. The zero-order chi connectivity index (χ0) is 27.1. The average molecular weight is 529 g/mol. The number of sulfonamides is 1. The highest BCUT2D eigenvalue weighted by atomic mass is 32.2. The summed E-state index contributed by atoms with van der Waals surface area (Å²) in [4.78, 5) is 23.9. The highest BCUT2D eigenvalue weighted by Crippen LogP contribution is 2.23. The number of hydrogen-bond acceptors (Lipinski definition) is 4. The standard InChI is InChI=1S/C30H28N2O5S/c1-22-18-27(31-30(34)35)15-12-26(22)19-29(33)25-13-16-28(17-14-25)38(36,37)32(20-23-8-4-2-5-9-23)21-24-10-6-3-7-11-24/h2-18,31H,19-21H2,1H3,(H,34,35). The summed E-state index contributed by atoms with van der Waals surface area (Å²) in [6.07, 6.45) is -1.05. The number of carbonyl (C=O) groups excluding carboxylic acids is 1. The van der Waals surface area contributed by atoms with Gasteiger partial charge in [-0.15, -0.1) is 0 Å². The molecule has 0 saturated heterocycles. The van der Waals surface area contributed by atoms with Crippen molar-refractivity contribution in [2.24, 2.45) is 0 Å². The van der Waals surface area contributed by atoms with Crippen LogP contribution in [0.4, 0.5) is 10.5 Å². The van der Waals surface area contributed by atoms with Crippen molar-refractivity contribution in [1.82, 2.24) is 4.31 Å². The summed E-state index contributed by atoms with van der Waals surface area (Å²) in [6, 6.07) is 29.8. The van der Waals surface area contributed by atoms with Gasteiger partial charge in [-0.25, -0.2) is 13.2 Å². The number of benzene rings is 4. The number of rotatable bonds is 10. The second-order valence-corrected chi connectivity index (χ2v) is 10.9. The molecule has 0 atom stereocenters. The highest BCUT2D eigenvalue weighted by molar-refractivity contribution is 7.89. The largest absolute Gasteiger partial charge is 0.465 e. The van der Waals surface area contributed by atoms with Crippen molar-refractivity contribution in [3.63, 3.8) is 0 Å². The lowest BCUT2D eigenvalue weighted by atomic mass is 9.99. The first-order valence-corrected chi connectivity index (χ1v) is 13.5. The zero-order valence-corrected chi connectivity index (χ0v) is 21.7. The lowest BCUT2D eigenvalue weighted by Crippen LogP contribution is -2.30. The molecular formula is C30H28N2O5S. The van der Waals surface area contributed by atoms with Gasteiger partial charge >= 0.3 is 6.09 Å². The van der Waals surface area contributed by atoms with Crippen LogP contribution in [-0.4, -0.2) is 29.7 Å². The van der Waals surface area contributed by atoms with Gasteiger partial charge in [0.05, 0.1) is 4.90 Å². The quantitative estimate of drug-likeness (QED) is 0.249. The first kappa shape index (κ1) is 26.8. The Bertz CT molecular complexity index is 1480. The molecule has 0 radical (unpaired) electrons. The van der Waals surface area contributed by atoms with Crippen LogP contribution < -0.4 is 5.32 Å². The van der Waals surface area contributed by atoms with E-state index in [1.54, 1.807) is 25.1 Å². The van der Waals surface area contributed by atoms with Crippen molar-refractivity contribution >= 4 is 27.6 Å². The first-order chi connectivity index (χ1) is 18.2. The SMILES string of the molecule is Cc1cc(NC(=O)O)ccc1CC(=O)c1ccc(S(=O)(=O)N(Cc2ccccc2)Cc2ccccc2)cc1. The third kappa shape index (κ3) is 6.73. The Morgan fingerprint density at radius 3 is 1.84 bits per heavy atom. The van der Waals surface area contributed by atoms with Gasteiger partial charge in [-0.1, -0.05) is 78.9 Å². The maximum atomic E-state index is 13.7. The van der Waals surface area contributed by atoms with E-state index < -0.39 is 16.1 Å². The van der Waals surface area contributed by atoms with Crippen molar-refractivity contribution < 1.29 is 23.1 Å². The van der Waals surface area contributed by atoms with E-state index in [1.165, 1.54) is 28.6 Å². The molecule has 38 heavy (non-hydrogen) atoms. The number of ketones is 1. The molecule has 7 nitrogen and oxygen atoms in total. The van der Waals surface area contributed by atoms with E-state index >= 15 is 0 Å². The zero-order valence-electron chi connectivity index (χ0n) is 20.9. The molecule has 0 bridgehead atoms. The van der Waals surface area contributed by atoms with Crippen LogP contribution in [0.3, 0.4) is 0 Å². The third-order valence-corrected chi connectivity index (χ3v) is 7.97. The maximum absolute atomic E-state index is 13.7. The lowest BCUT2D eigenvalue weighted by molar-refractivity contribution is 0.0992. The first-order valence-electron chi connectivity index (χ1n) is 12.0. The van der Waals surface area contributed by atoms with Gasteiger partial charge in [-0.3, -0.25) is 10.1 Å². The summed E-state index contributed by atoms with van der Waals surface area (Å²) < 4.78 is 28.8. The number of hydrogen-bond donors (Lipinski definition) is 2. The summed E-state index contributed by atoms with van der Waals surface area (Å²) in [7, 11) is -3.85. The number of amides is 1. The minimum atomic E-state index is -3.85. The molecule has 0 unspecified atom stereocenters. The fourth-order valence-corrected chi connectivity index (χ4v) is 5.55. The number of nitrogens with one attached hydrogen (secondary N) is 1. The molecule has 0 aliphatic heterocycles. The fraction of sp³-hybridized carbons (Fsp3) is 0.133. The lowest BCUT2D eigenvalue weighted by Gasteiger charge is -2.23. The molecule has 4 aromatic rings. The molecule has 194 valence electrons. The Hall–Kier alpha value is -4.27. The smallest absolute Gasteiger partial charge is 0.409 e. The van der Waals surface area contributed by atoms with Crippen LogP contribution in [0.2, 0.25) is 0 Å². The molecular weight excluding hydrogens is 500 g/mol. The number of aryl methyl sites for hydroxylation is 1. The van der Waals surface area contributed by atoms with Crippen LogP contribution in [-0.2, 0) is 29.5 Å². The van der Waals surface area contributed by atoms with E-state index in [9.17, 15) is 18.0 Å². The Kier molecular flexibility index (Phi) is 8.35. The molecule has 8 heteroatoms. The van der Waals surface area contributed by atoms with Gasteiger partial charge in [0.15, 0.2) is 5.78 Å². The van der Waals surface area contributed by atoms with Crippen LogP contribution in [0.25, 0.3) is 0 Å². The number of carbonyl (C=O) groups is 2. The Balaban J connectivity index is 1.53. The van der Waals surface area contributed by atoms with E-state index in [0.29, 0.717) is 11.3 Å². The minimum absolute atomic E-state index is 0.111. The Morgan fingerprint density at radius 2 is 1.34 bits per heavy atom. The minimum Gasteiger partial charge on any atom is -0.465 e. The molecule has 4 aromatic carbocycles. The summed E-state index contributed by atoms with van der Waals surface area (Å²) in [5.41, 5.74) is 4.11. The van der Waals surface area contributed by atoms with E-state index in [4.69, 9.17) is 5.11 Å². The molecule has 0 aliphatic carbocycles. The van der Waals surface area contributed by atoms with Crippen LogP contribution in [0.5, 0.6) is 0 Å². The third-order valence-electron chi connectivity index (χ3n) is 6.16. The number of Topliss-reactive ketones (excluding diaryl/α,β-unsaturated/α-hetero) is 1. The summed E-state index contributed by atoms with van der Waals surface area (Å²) in [6.45, 7) is 2.23. The molecule has 2 N–H and O–H groups in total. The highest BCUT2D eigenvalue weighted by Gasteiger charge is 2.25. The van der Waals surface area contributed by atoms with Gasteiger partial charge in [0.25, 0.3) is 0 Å². The number of nitrogens with zero attached hydrogens (tertiary/aromatic N) is 1. The predicted octanol–water partition coefficient (Wildman–Crippen LogP) is 5.90. The van der Waals surface area contributed by atoms with Gasteiger partial charge < -0.3 is 5.11 Å².